The standard InChI is InChI=1S/C64H38N2/c1-2-15-49(16-3-1)65-60-29-26-46(36-58(60)64-51-17-7-6-11-39(51)24-30-61(64)65)45-25-28-59-55(35-45)56-34-40-12-4-5-13-41(40)38-62(56)66(59)50-27-23-42-31-43(21-22-44(42)33-50)48-32-47-14-10-20-54-52-18-8-9-19-53(52)57(37-48)63(47)54/h1-38H. The highest BCUT2D eigenvalue weighted by Gasteiger charge is 2.22. The van der Waals surface area contributed by atoms with Crippen molar-refractivity contribution in [2.45, 2.75) is 0 Å². The van der Waals surface area contributed by atoms with Gasteiger partial charge >= 0.3 is 0 Å². The van der Waals surface area contributed by atoms with Crippen LogP contribution in [0.3, 0.4) is 0 Å². The first-order valence-electron chi connectivity index (χ1n) is 22.9. The van der Waals surface area contributed by atoms with E-state index in [-0.39, 0.29) is 0 Å². The van der Waals surface area contributed by atoms with Crippen LogP contribution in [-0.4, -0.2) is 9.13 Å². The average Bonchev–Trinajstić information content (AvgIpc) is 4.01. The van der Waals surface area contributed by atoms with Crippen molar-refractivity contribution in [3.63, 3.8) is 0 Å². The summed E-state index contributed by atoms with van der Waals surface area (Å²) in [6.45, 7) is 0. The minimum Gasteiger partial charge on any atom is -0.309 e. The summed E-state index contributed by atoms with van der Waals surface area (Å²) >= 11 is 0. The zero-order valence-corrected chi connectivity index (χ0v) is 35.8. The number of nitrogens with zero attached hydrogens (tertiary/aromatic N) is 2. The monoisotopic (exact) mass is 834 g/mol. The number of hydrogen-bond donors (Lipinski definition) is 0. The Morgan fingerprint density at radius 1 is 0.212 bits per heavy atom. The Balaban J connectivity index is 0.888. The number of rotatable bonds is 4. The van der Waals surface area contributed by atoms with Gasteiger partial charge in [0.2, 0.25) is 0 Å². The maximum absolute atomic E-state index is 2.47. The van der Waals surface area contributed by atoms with Crippen LogP contribution in [0.1, 0.15) is 0 Å². The molecule has 0 bridgehead atoms. The van der Waals surface area contributed by atoms with E-state index in [0.29, 0.717) is 0 Å². The van der Waals surface area contributed by atoms with Crippen LogP contribution >= 0.6 is 0 Å². The van der Waals surface area contributed by atoms with Gasteiger partial charge in [0.1, 0.15) is 0 Å². The van der Waals surface area contributed by atoms with E-state index in [9.17, 15) is 0 Å². The normalized spacial score (nSPS) is 12.2. The molecular formula is C64H38N2. The SMILES string of the molecule is c1ccc(-n2c3ccc(-c4ccc5c(c4)c4cc6ccccc6cc4n5-c4ccc5cc(-c6cc7c8c(cccc8c6)-c6ccccc6-7)ccc5c4)cc3c3c4ccccc4ccc32)cc1. The van der Waals surface area contributed by atoms with Crippen molar-refractivity contribution in [1.82, 2.24) is 9.13 Å². The number of benzene rings is 12. The van der Waals surface area contributed by atoms with Gasteiger partial charge in [-0.1, -0.05) is 146 Å². The van der Waals surface area contributed by atoms with Crippen molar-refractivity contribution in [2.75, 3.05) is 0 Å². The zero-order chi connectivity index (χ0) is 43.0. The van der Waals surface area contributed by atoms with Crippen molar-refractivity contribution in [1.29, 1.82) is 0 Å². The lowest BCUT2D eigenvalue weighted by atomic mass is 9.95. The maximum Gasteiger partial charge on any atom is 0.0547 e. The van der Waals surface area contributed by atoms with Gasteiger partial charge in [-0.15, -0.1) is 0 Å². The molecule has 0 saturated heterocycles. The van der Waals surface area contributed by atoms with Crippen LogP contribution in [0.4, 0.5) is 0 Å². The van der Waals surface area contributed by atoms with Gasteiger partial charge in [-0.2, -0.15) is 0 Å². The first kappa shape index (κ1) is 35.7. The van der Waals surface area contributed by atoms with Crippen LogP contribution in [0.2, 0.25) is 0 Å². The van der Waals surface area contributed by atoms with Crippen molar-refractivity contribution in [2.24, 2.45) is 0 Å². The van der Waals surface area contributed by atoms with Crippen LogP contribution in [0.5, 0.6) is 0 Å². The molecule has 2 nitrogen and oxygen atoms in total. The summed E-state index contributed by atoms with van der Waals surface area (Å²) in [5.74, 6) is 0. The highest BCUT2D eigenvalue weighted by atomic mass is 15.0. The molecule has 2 heteroatoms. The molecule has 2 aromatic heterocycles. The third-order valence-electron chi connectivity index (χ3n) is 14.5. The second-order valence-electron chi connectivity index (χ2n) is 18.1. The topological polar surface area (TPSA) is 9.86 Å². The highest BCUT2D eigenvalue weighted by Crippen LogP contribution is 2.49. The molecule has 1 aliphatic carbocycles. The zero-order valence-electron chi connectivity index (χ0n) is 35.8. The van der Waals surface area contributed by atoms with E-state index in [4.69, 9.17) is 0 Å². The molecular weight excluding hydrogens is 797 g/mol. The van der Waals surface area contributed by atoms with E-state index in [1.165, 1.54) is 137 Å². The molecule has 0 N–H and O–H groups in total. The molecule has 0 atom stereocenters. The van der Waals surface area contributed by atoms with Crippen molar-refractivity contribution < 1.29 is 0 Å². The summed E-state index contributed by atoms with van der Waals surface area (Å²) in [7, 11) is 0. The molecule has 0 unspecified atom stereocenters. The minimum absolute atomic E-state index is 1.16. The average molecular weight is 835 g/mol. The van der Waals surface area contributed by atoms with Gasteiger partial charge in [-0.05, 0) is 173 Å². The Morgan fingerprint density at radius 3 is 1.61 bits per heavy atom. The van der Waals surface area contributed by atoms with Gasteiger partial charge in [0.25, 0.3) is 0 Å². The molecule has 14 aromatic rings. The Kier molecular flexibility index (Phi) is 7.25. The van der Waals surface area contributed by atoms with Gasteiger partial charge in [-0.3, -0.25) is 0 Å². The number of aromatic nitrogens is 2. The molecule has 304 valence electrons. The molecule has 0 radical (unpaired) electrons. The lowest BCUT2D eigenvalue weighted by Gasteiger charge is -2.12. The Morgan fingerprint density at radius 2 is 0.758 bits per heavy atom. The summed E-state index contributed by atoms with van der Waals surface area (Å²) in [6.07, 6.45) is 0. The largest absolute Gasteiger partial charge is 0.309 e. The van der Waals surface area contributed by atoms with E-state index < -0.39 is 0 Å². The summed E-state index contributed by atoms with van der Waals surface area (Å²) in [5.41, 5.74) is 17.4. The Hall–Kier alpha value is -8.72. The molecule has 2 heterocycles. The molecule has 66 heavy (non-hydrogen) atoms. The van der Waals surface area contributed by atoms with Crippen LogP contribution in [0.25, 0.3) is 143 Å². The van der Waals surface area contributed by atoms with Crippen molar-refractivity contribution >= 4 is 86.7 Å². The molecule has 15 rings (SSSR count). The van der Waals surface area contributed by atoms with Crippen LogP contribution < -0.4 is 0 Å². The second kappa shape index (κ2) is 13.4. The molecule has 0 fully saturated rings. The summed E-state index contributed by atoms with van der Waals surface area (Å²) in [4.78, 5) is 0. The Labute approximate surface area is 380 Å². The number of para-hydroxylation sites is 1. The Bertz CT molecular complexity index is 4390. The lowest BCUT2D eigenvalue weighted by Crippen LogP contribution is -1.94. The molecule has 0 saturated carbocycles. The number of hydrogen-bond acceptors (Lipinski definition) is 0. The van der Waals surface area contributed by atoms with Crippen molar-refractivity contribution in [3.8, 4) is 55.9 Å². The predicted octanol–water partition coefficient (Wildman–Crippen LogP) is 17.5. The van der Waals surface area contributed by atoms with Gasteiger partial charge in [-0.25, -0.2) is 0 Å². The summed E-state index contributed by atoms with van der Waals surface area (Å²) in [6, 6.07) is 85.9. The summed E-state index contributed by atoms with van der Waals surface area (Å²) < 4.78 is 4.89. The molecule has 0 spiro atoms. The first-order valence-corrected chi connectivity index (χ1v) is 22.9. The third kappa shape index (κ3) is 5.07. The fourth-order valence-corrected chi connectivity index (χ4v) is 11.5. The van der Waals surface area contributed by atoms with E-state index in [1.54, 1.807) is 0 Å². The van der Waals surface area contributed by atoms with E-state index in [0.717, 1.165) is 5.69 Å². The van der Waals surface area contributed by atoms with E-state index in [1.807, 2.05) is 0 Å². The molecule has 12 aromatic carbocycles. The van der Waals surface area contributed by atoms with Crippen LogP contribution in [0, 0.1) is 0 Å². The minimum atomic E-state index is 1.16. The summed E-state index contributed by atoms with van der Waals surface area (Å²) in [5, 5.41) is 15.2. The molecule has 1 aliphatic rings. The molecule has 0 aliphatic heterocycles. The van der Waals surface area contributed by atoms with Crippen LogP contribution in [-0.2, 0) is 0 Å². The first-order chi connectivity index (χ1) is 32.7. The van der Waals surface area contributed by atoms with Gasteiger partial charge < -0.3 is 9.13 Å². The quantitative estimate of drug-likeness (QED) is 0.167. The lowest BCUT2D eigenvalue weighted by molar-refractivity contribution is 1.18. The maximum atomic E-state index is 2.47. The van der Waals surface area contributed by atoms with Crippen molar-refractivity contribution in [3.05, 3.63) is 231 Å². The fraction of sp³-hybridized carbons (Fsp3) is 0. The predicted molar refractivity (Wildman–Crippen MR) is 280 cm³/mol. The van der Waals surface area contributed by atoms with E-state index >= 15 is 0 Å². The van der Waals surface area contributed by atoms with E-state index in [2.05, 4.69) is 240 Å². The highest BCUT2D eigenvalue weighted by molar-refractivity contribution is 6.22. The smallest absolute Gasteiger partial charge is 0.0547 e. The number of fused-ring (bicyclic) bond motifs is 13. The van der Waals surface area contributed by atoms with Gasteiger partial charge in [0.05, 0.1) is 22.1 Å². The molecule has 0 amide bonds. The third-order valence-corrected chi connectivity index (χ3v) is 14.5. The van der Waals surface area contributed by atoms with Gasteiger partial charge in [0.15, 0.2) is 0 Å². The second-order valence-corrected chi connectivity index (χ2v) is 18.1. The fourth-order valence-electron chi connectivity index (χ4n) is 11.5. The van der Waals surface area contributed by atoms with Gasteiger partial charge in [0, 0.05) is 32.9 Å². The van der Waals surface area contributed by atoms with Crippen LogP contribution in [0.15, 0.2) is 231 Å².